The van der Waals surface area contributed by atoms with Gasteiger partial charge < -0.3 is 19.5 Å². The second kappa shape index (κ2) is 8.82. The average molecular weight is 350 g/mol. The normalized spacial score (nSPS) is 18.9. The molecule has 1 aromatic rings. The van der Waals surface area contributed by atoms with Crippen molar-refractivity contribution in [1.82, 2.24) is 9.80 Å². The lowest BCUT2D eigenvalue weighted by atomic mass is 10.2. The summed E-state index contributed by atoms with van der Waals surface area (Å²) in [6.07, 6.45) is -0.785. The summed E-state index contributed by atoms with van der Waals surface area (Å²) in [5.74, 6) is -0.307. The van der Waals surface area contributed by atoms with E-state index in [1.165, 1.54) is 0 Å². The van der Waals surface area contributed by atoms with Gasteiger partial charge in [-0.3, -0.25) is 14.5 Å². The lowest BCUT2D eigenvalue weighted by Crippen LogP contribution is -2.52. The number of nitrogens with zero attached hydrogens (tertiary/aromatic N) is 2. The fraction of sp³-hybridized carbons (Fsp3) is 0.556. The number of aryl methyl sites for hydroxylation is 1. The van der Waals surface area contributed by atoms with E-state index in [1.54, 1.807) is 23.8 Å². The number of morpholine rings is 1. The molecule has 0 spiro atoms. The third kappa shape index (κ3) is 6.03. The Balaban J connectivity index is 1.87. The molecule has 0 aromatic heterocycles. The van der Waals surface area contributed by atoms with Gasteiger partial charge in [-0.05, 0) is 33.0 Å². The Morgan fingerprint density at radius 3 is 2.72 bits per heavy atom. The summed E-state index contributed by atoms with van der Waals surface area (Å²) in [6, 6.07) is 7.58. The molecule has 0 aliphatic carbocycles. The Kier molecular flexibility index (Phi) is 6.78. The number of carbonyl (C=O) groups is 2. The van der Waals surface area contributed by atoms with Crippen molar-refractivity contribution in [2.75, 3.05) is 39.8 Å². The first-order valence-corrected chi connectivity index (χ1v) is 8.39. The van der Waals surface area contributed by atoms with Crippen molar-refractivity contribution >= 4 is 11.9 Å². The minimum atomic E-state index is -0.883. The number of ether oxygens (including phenoxy) is 2. The molecular formula is C18H26N2O5. The summed E-state index contributed by atoms with van der Waals surface area (Å²) in [5, 5.41) is 8.82. The maximum Gasteiger partial charge on any atom is 0.317 e. The van der Waals surface area contributed by atoms with Crippen molar-refractivity contribution in [1.29, 1.82) is 0 Å². The molecule has 0 bridgehead atoms. The number of hydrogen-bond acceptors (Lipinski definition) is 5. The zero-order chi connectivity index (χ0) is 18.4. The standard InChI is InChI=1S/C18H26N2O5/c1-13-4-6-15(7-5-13)25-14(2)18(23)20-8-9-24-16(11-20)10-19(3)12-17(21)22/h4-7,14,16H,8-12H2,1-3H3,(H,21,22). The number of carbonyl (C=O) groups excluding carboxylic acids is 1. The smallest absolute Gasteiger partial charge is 0.317 e. The van der Waals surface area contributed by atoms with E-state index in [4.69, 9.17) is 14.6 Å². The molecule has 1 aromatic carbocycles. The predicted molar refractivity (Wildman–Crippen MR) is 92.7 cm³/mol. The number of benzene rings is 1. The topological polar surface area (TPSA) is 79.3 Å². The Labute approximate surface area is 148 Å². The molecule has 1 aliphatic rings. The lowest BCUT2D eigenvalue weighted by Gasteiger charge is -2.35. The summed E-state index contributed by atoms with van der Waals surface area (Å²) in [6.45, 7) is 5.53. The molecule has 2 rings (SSSR count). The molecular weight excluding hydrogens is 324 g/mol. The third-order valence-corrected chi connectivity index (χ3v) is 4.05. The highest BCUT2D eigenvalue weighted by Crippen LogP contribution is 2.15. The van der Waals surface area contributed by atoms with Crippen molar-refractivity contribution in [3.63, 3.8) is 0 Å². The first kappa shape index (κ1) is 19.2. The number of hydrogen-bond donors (Lipinski definition) is 1. The van der Waals surface area contributed by atoms with E-state index >= 15 is 0 Å². The third-order valence-electron chi connectivity index (χ3n) is 4.05. The Bertz CT molecular complexity index is 590. The van der Waals surface area contributed by atoms with Gasteiger partial charge in [0.2, 0.25) is 0 Å². The second-order valence-corrected chi connectivity index (χ2v) is 6.44. The maximum atomic E-state index is 12.6. The maximum absolute atomic E-state index is 12.6. The summed E-state index contributed by atoms with van der Waals surface area (Å²) >= 11 is 0. The van der Waals surface area contributed by atoms with Crippen LogP contribution in [0.1, 0.15) is 12.5 Å². The SMILES string of the molecule is Cc1ccc(OC(C)C(=O)N2CCOC(CN(C)CC(=O)O)C2)cc1. The van der Waals surface area contributed by atoms with Gasteiger partial charge in [-0.1, -0.05) is 17.7 Å². The zero-order valence-electron chi connectivity index (χ0n) is 15.0. The van der Waals surface area contributed by atoms with Crippen molar-refractivity contribution in [2.45, 2.75) is 26.1 Å². The molecule has 1 aliphatic heterocycles. The van der Waals surface area contributed by atoms with Gasteiger partial charge in [0, 0.05) is 19.6 Å². The molecule has 0 radical (unpaired) electrons. The van der Waals surface area contributed by atoms with E-state index in [-0.39, 0.29) is 18.6 Å². The summed E-state index contributed by atoms with van der Waals surface area (Å²) in [7, 11) is 1.72. The second-order valence-electron chi connectivity index (χ2n) is 6.44. The molecule has 1 saturated heterocycles. The number of carboxylic acids is 1. The van der Waals surface area contributed by atoms with Gasteiger partial charge in [0.1, 0.15) is 5.75 Å². The molecule has 7 heteroatoms. The molecule has 1 N–H and O–H groups in total. The van der Waals surface area contributed by atoms with Crippen LogP contribution in [-0.4, -0.2) is 78.8 Å². The monoisotopic (exact) mass is 350 g/mol. The van der Waals surface area contributed by atoms with Crippen molar-refractivity contribution in [2.24, 2.45) is 0 Å². The minimum absolute atomic E-state index is 0.0548. The first-order valence-electron chi connectivity index (χ1n) is 8.39. The highest BCUT2D eigenvalue weighted by atomic mass is 16.5. The lowest BCUT2D eigenvalue weighted by molar-refractivity contribution is -0.147. The highest BCUT2D eigenvalue weighted by Gasteiger charge is 2.29. The van der Waals surface area contributed by atoms with Crippen LogP contribution in [-0.2, 0) is 14.3 Å². The van der Waals surface area contributed by atoms with E-state index in [2.05, 4.69) is 0 Å². The summed E-state index contributed by atoms with van der Waals surface area (Å²) < 4.78 is 11.4. The van der Waals surface area contributed by atoms with Crippen LogP contribution in [0.25, 0.3) is 0 Å². The van der Waals surface area contributed by atoms with Crippen LogP contribution < -0.4 is 4.74 Å². The predicted octanol–water partition coefficient (Wildman–Crippen LogP) is 1.01. The van der Waals surface area contributed by atoms with Crippen LogP contribution >= 0.6 is 0 Å². The number of likely N-dealkylation sites (N-methyl/N-ethyl adjacent to an activating group) is 1. The van der Waals surface area contributed by atoms with Crippen molar-refractivity contribution < 1.29 is 24.2 Å². The van der Waals surface area contributed by atoms with Gasteiger partial charge in [0.15, 0.2) is 6.10 Å². The van der Waals surface area contributed by atoms with E-state index in [0.29, 0.717) is 32.0 Å². The summed E-state index contributed by atoms with van der Waals surface area (Å²) in [5.41, 5.74) is 1.13. The molecule has 2 unspecified atom stereocenters. The number of rotatable bonds is 7. The van der Waals surface area contributed by atoms with E-state index < -0.39 is 12.1 Å². The average Bonchev–Trinajstić information content (AvgIpc) is 2.55. The Hall–Kier alpha value is -2.12. The van der Waals surface area contributed by atoms with Crippen LogP contribution in [0.4, 0.5) is 0 Å². The van der Waals surface area contributed by atoms with Crippen LogP contribution in [0.15, 0.2) is 24.3 Å². The molecule has 0 saturated carbocycles. The van der Waals surface area contributed by atoms with Gasteiger partial charge in [-0.2, -0.15) is 0 Å². The first-order chi connectivity index (χ1) is 11.8. The largest absolute Gasteiger partial charge is 0.481 e. The quantitative estimate of drug-likeness (QED) is 0.791. The van der Waals surface area contributed by atoms with E-state index in [1.807, 2.05) is 31.2 Å². The molecule has 1 fully saturated rings. The number of amides is 1. The fourth-order valence-corrected chi connectivity index (χ4v) is 2.80. The molecule has 2 atom stereocenters. The number of carboxylic acid groups (broad SMARTS) is 1. The van der Waals surface area contributed by atoms with Crippen LogP contribution in [0, 0.1) is 6.92 Å². The van der Waals surface area contributed by atoms with Gasteiger partial charge >= 0.3 is 5.97 Å². The Morgan fingerprint density at radius 1 is 1.40 bits per heavy atom. The van der Waals surface area contributed by atoms with E-state index in [0.717, 1.165) is 5.56 Å². The Morgan fingerprint density at radius 2 is 2.08 bits per heavy atom. The van der Waals surface area contributed by atoms with E-state index in [9.17, 15) is 9.59 Å². The molecule has 25 heavy (non-hydrogen) atoms. The van der Waals surface area contributed by atoms with Crippen LogP contribution in [0.3, 0.4) is 0 Å². The van der Waals surface area contributed by atoms with Gasteiger partial charge in [-0.15, -0.1) is 0 Å². The van der Waals surface area contributed by atoms with Crippen molar-refractivity contribution in [3.8, 4) is 5.75 Å². The van der Waals surface area contributed by atoms with Crippen molar-refractivity contribution in [3.05, 3.63) is 29.8 Å². The highest BCUT2D eigenvalue weighted by molar-refractivity contribution is 5.81. The number of aliphatic carboxylic acids is 1. The van der Waals surface area contributed by atoms with Gasteiger partial charge in [-0.25, -0.2) is 0 Å². The fourth-order valence-electron chi connectivity index (χ4n) is 2.80. The van der Waals surface area contributed by atoms with Gasteiger partial charge in [0.05, 0.1) is 19.3 Å². The molecule has 1 amide bonds. The summed E-state index contributed by atoms with van der Waals surface area (Å²) in [4.78, 5) is 26.8. The van der Waals surface area contributed by atoms with Crippen LogP contribution in [0.2, 0.25) is 0 Å². The molecule has 7 nitrogen and oxygen atoms in total. The minimum Gasteiger partial charge on any atom is -0.481 e. The molecule has 1 heterocycles. The zero-order valence-corrected chi connectivity index (χ0v) is 15.0. The van der Waals surface area contributed by atoms with Gasteiger partial charge in [0.25, 0.3) is 5.91 Å². The van der Waals surface area contributed by atoms with Crippen LogP contribution in [0.5, 0.6) is 5.75 Å². The molecule has 138 valence electrons.